The van der Waals surface area contributed by atoms with Crippen LogP contribution in [0.2, 0.25) is 0 Å². The van der Waals surface area contributed by atoms with E-state index >= 15 is 0 Å². The van der Waals surface area contributed by atoms with Crippen LogP contribution in [-0.4, -0.2) is 22.1 Å². The third kappa shape index (κ3) is 4.91. The molecule has 1 fully saturated rings. The van der Waals surface area contributed by atoms with Crippen LogP contribution in [0.3, 0.4) is 0 Å². The van der Waals surface area contributed by atoms with E-state index in [1.54, 1.807) is 0 Å². The Labute approximate surface area is 149 Å². The molecular formula is C20H27N3O2. The van der Waals surface area contributed by atoms with Crippen LogP contribution in [0.4, 0.5) is 0 Å². The predicted octanol–water partition coefficient (Wildman–Crippen LogP) is 3.53. The number of carbonyl (C=O) groups is 1. The molecule has 5 heteroatoms. The van der Waals surface area contributed by atoms with Crippen molar-refractivity contribution < 1.29 is 9.32 Å². The Bertz CT molecular complexity index is 683. The summed E-state index contributed by atoms with van der Waals surface area (Å²) >= 11 is 0. The Morgan fingerprint density at radius 3 is 2.84 bits per heavy atom. The molecule has 0 aliphatic heterocycles. The maximum absolute atomic E-state index is 12.2. The van der Waals surface area contributed by atoms with Gasteiger partial charge >= 0.3 is 0 Å². The van der Waals surface area contributed by atoms with E-state index in [4.69, 9.17) is 4.52 Å². The van der Waals surface area contributed by atoms with Crippen molar-refractivity contribution in [2.45, 2.75) is 58.4 Å². The van der Waals surface area contributed by atoms with E-state index in [9.17, 15) is 4.79 Å². The third-order valence-corrected chi connectivity index (χ3v) is 5.33. The Balaban J connectivity index is 1.46. The van der Waals surface area contributed by atoms with Crippen LogP contribution in [0, 0.1) is 11.8 Å². The molecule has 1 heterocycles. The average Bonchev–Trinajstić information content (AvgIpc) is 3.05. The lowest BCUT2D eigenvalue weighted by molar-refractivity contribution is -0.122. The van der Waals surface area contributed by atoms with Gasteiger partial charge in [-0.2, -0.15) is 4.98 Å². The topological polar surface area (TPSA) is 68.0 Å². The Morgan fingerprint density at radius 1 is 1.24 bits per heavy atom. The minimum Gasteiger partial charge on any atom is -0.353 e. The van der Waals surface area contributed by atoms with Crippen LogP contribution >= 0.6 is 0 Å². The van der Waals surface area contributed by atoms with Crippen molar-refractivity contribution in [2.75, 3.05) is 0 Å². The molecule has 1 aliphatic rings. The second kappa shape index (κ2) is 8.28. The summed E-state index contributed by atoms with van der Waals surface area (Å²) in [6, 6.07) is 10.3. The van der Waals surface area contributed by atoms with Crippen molar-refractivity contribution in [3.63, 3.8) is 0 Å². The summed E-state index contributed by atoms with van der Waals surface area (Å²) in [6.45, 7) is 4.51. The first kappa shape index (κ1) is 17.6. The van der Waals surface area contributed by atoms with E-state index in [2.05, 4.69) is 29.3 Å². The second-order valence-corrected chi connectivity index (χ2v) is 7.21. The number of benzene rings is 1. The second-order valence-electron chi connectivity index (χ2n) is 7.21. The number of rotatable bonds is 6. The summed E-state index contributed by atoms with van der Waals surface area (Å²) in [5.74, 6) is 2.49. The van der Waals surface area contributed by atoms with Crippen LogP contribution in [0.1, 0.15) is 56.8 Å². The summed E-state index contributed by atoms with van der Waals surface area (Å²) in [4.78, 5) is 16.6. The number of carbonyl (C=O) groups excluding carboxylic acids is 1. The van der Waals surface area contributed by atoms with Crippen LogP contribution in [0.25, 0.3) is 0 Å². The summed E-state index contributed by atoms with van der Waals surface area (Å²) in [7, 11) is 0. The number of aryl methyl sites for hydroxylation is 1. The van der Waals surface area contributed by atoms with Crippen molar-refractivity contribution in [3.8, 4) is 0 Å². The highest BCUT2D eigenvalue weighted by Crippen LogP contribution is 2.29. The van der Waals surface area contributed by atoms with Gasteiger partial charge in [-0.25, -0.2) is 0 Å². The van der Waals surface area contributed by atoms with Gasteiger partial charge in [0.05, 0.1) is 0 Å². The summed E-state index contributed by atoms with van der Waals surface area (Å²) in [5, 5.41) is 7.20. The summed E-state index contributed by atoms with van der Waals surface area (Å²) in [6.07, 6.45) is 5.07. The van der Waals surface area contributed by atoms with Crippen molar-refractivity contribution in [3.05, 3.63) is 47.6 Å². The van der Waals surface area contributed by atoms with Crippen molar-refractivity contribution in [2.24, 2.45) is 11.8 Å². The molecule has 0 unspecified atom stereocenters. The number of nitrogens with zero attached hydrogens (tertiary/aromatic N) is 2. The fraction of sp³-hybridized carbons (Fsp3) is 0.550. The molecule has 1 aromatic heterocycles. The lowest BCUT2D eigenvalue weighted by atomic mass is 9.78. The Kier molecular flexibility index (Phi) is 5.84. The highest BCUT2D eigenvalue weighted by molar-refractivity contribution is 5.76. The van der Waals surface area contributed by atoms with Gasteiger partial charge in [0, 0.05) is 25.3 Å². The summed E-state index contributed by atoms with van der Waals surface area (Å²) in [5.41, 5.74) is 1.15. The zero-order valence-corrected chi connectivity index (χ0v) is 15.1. The molecule has 3 rings (SSSR count). The molecule has 134 valence electrons. The van der Waals surface area contributed by atoms with E-state index in [1.165, 1.54) is 12.8 Å². The van der Waals surface area contributed by atoms with E-state index in [1.807, 2.05) is 30.3 Å². The monoisotopic (exact) mass is 341 g/mol. The van der Waals surface area contributed by atoms with Crippen molar-refractivity contribution in [1.82, 2.24) is 15.5 Å². The molecule has 1 aromatic carbocycles. The van der Waals surface area contributed by atoms with Gasteiger partial charge in [-0.1, -0.05) is 62.2 Å². The molecule has 0 spiro atoms. The number of nitrogens with one attached hydrogen (secondary N) is 1. The maximum Gasteiger partial charge on any atom is 0.227 e. The molecule has 1 aliphatic carbocycles. The zero-order valence-electron chi connectivity index (χ0n) is 15.1. The lowest BCUT2D eigenvalue weighted by Crippen LogP contribution is -2.43. The van der Waals surface area contributed by atoms with Gasteiger partial charge in [0.2, 0.25) is 11.8 Å². The first-order valence-electron chi connectivity index (χ1n) is 9.26. The van der Waals surface area contributed by atoms with Gasteiger partial charge in [-0.3, -0.25) is 4.79 Å². The molecule has 0 radical (unpaired) electrons. The number of amides is 1. The molecule has 0 bridgehead atoms. The van der Waals surface area contributed by atoms with E-state index < -0.39 is 0 Å². The van der Waals surface area contributed by atoms with Crippen LogP contribution in [0.5, 0.6) is 0 Å². The first-order valence-corrected chi connectivity index (χ1v) is 9.26. The molecule has 3 atom stereocenters. The highest BCUT2D eigenvalue weighted by atomic mass is 16.5. The maximum atomic E-state index is 12.2. The first-order chi connectivity index (χ1) is 12.1. The number of aromatic nitrogens is 2. The van der Waals surface area contributed by atoms with Crippen LogP contribution in [0.15, 0.2) is 34.9 Å². The van der Waals surface area contributed by atoms with Gasteiger partial charge < -0.3 is 9.84 Å². The normalized spacial score (nSPS) is 23.4. The number of hydrogen-bond donors (Lipinski definition) is 1. The fourth-order valence-corrected chi connectivity index (χ4v) is 3.53. The standard InChI is InChI=1S/C20H27N3O2/c1-14-7-6-10-17(15(14)2)21-19(24)11-12-20-22-18(23-25-20)13-16-8-4-3-5-9-16/h3-5,8-9,14-15,17H,6-7,10-13H2,1-2H3,(H,21,24)/t14-,15-,17-/m1/s1. The lowest BCUT2D eigenvalue weighted by Gasteiger charge is -2.34. The molecule has 1 amide bonds. The van der Waals surface area contributed by atoms with Crippen molar-refractivity contribution >= 4 is 5.91 Å². The van der Waals surface area contributed by atoms with E-state index in [0.29, 0.717) is 48.9 Å². The largest absolute Gasteiger partial charge is 0.353 e. The molecule has 5 nitrogen and oxygen atoms in total. The molecule has 0 saturated heterocycles. The van der Waals surface area contributed by atoms with Crippen molar-refractivity contribution in [1.29, 1.82) is 0 Å². The van der Waals surface area contributed by atoms with E-state index in [0.717, 1.165) is 12.0 Å². The quantitative estimate of drug-likeness (QED) is 0.873. The van der Waals surface area contributed by atoms with Gasteiger partial charge in [-0.15, -0.1) is 0 Å². The van der Waals surface area contributed by atoms with E-state index in [-0.39, 0.29) is 5.91 Å². The Hall–Kier alpha value is -2.17. The molecular weight excluding hydrogens is 314 g/mol. The van der Waals surface area contributed by atoms with Gasteiger partial charge in [0.25, 0.3) is 0 Å². The van der Waals surface area contributed by atoms with Gasteiger partial charge in [0.15, 0.2) is 5.82 Å². The number of hydrogen-bond acceptors (Lipinski definition) is 4. The molecule has 2 aromatic rings. The van der Waals surface area contributed by atoms with Crippen LogP contribution < -0.4 is 5.32 Å². The fourth-order valence-electron chi connectivity index (χ4n) is 3.53. The molecule has 1 saturated carbocycles. The minimum absolute atomic E-state index is 0.0776. The molecule has 1 N–H and O–H groups in total. The average molecular weight is 341 g/mol. The van der Waals surface area contributed by atoms with Gasteiger partial charge in [0.1, 0.15) is 0 Å². The molecule has 25 heavy (non-hydrogen) atoms. The smallest absolute Gasteiger partial charge is 0.227 e. The SMILES string of the molecule is C[C@@H]1[C@H](C)CCC[C@H]1NC(=O)CCc1nc(Cc2ccccc2)no1. The zero-order chi connectivity index (χ0) is 17.6. The van der Waals surface area contributed by atoms with Crippen LogP contribution in [-0.2, 0) is 17.6 Å². The minimum atomic E-state index is 0.0776. The van der Waals surface area contributed by atoms with Gasteiger partial charge in [-0.05, 0) is 23.8 Å². The Morgan fingerprint density at radius 2 is 2.04 bits per heavy atom. The predicted molar refractivity (Wildman–Crippen MR) is 96.0 cm³/mol. The highest BCUT2D eigenvalue weighted by Gasteiger charge is 2.28. The summed E-state index contributed by atoms with van der Waals surface area (Å²) < 4.78 is 5.27. The third-order valence-electron chi connectivity index (χ3n) is 5.33.